The van der Waals surface area contributed by atoms with E-state index in [9.17, 15) is 9.59 Å². The fraction of sp³-hybridized carbons (Fsp3) is 0.600. The largest absolute Gasteiger partial charge is 0.498 e. The van der Waals surface area contributed by atoms with Crippen LogP contribution in [0.5, 0.6) is 0 Å². The lowest BCUT2D eigenvalue weighted by molar-refractivity contribution is -0.124. The Balaban J connectivity index is 3.06. The van der Waals surface area contributed by atoms with E-state index < -0.39 is 11.6 Å². The SMILES string of the molecule is CC1(C)C(=O)[N+](Br)C(=O)N1Br. The van der Waals surface area contributed by atoms with Crippen molar-refractivity contribution >= 4 is 44.2 Å². The van der Waals surface area contributed by atoms with Crippen LogP contribution in [0.2, 0.25) is 0 Å². The van der Waals surface area contributed by atoms with Crippen molar-refractivity contribution in [3.05, 3.63) is 0 Å². The Hall–Kier alpha value is 0.0600. The molecule has 11 heavy (non-hydrogen) atoms. The first kappa shape index (κ1) is 9.15. The highest BCUT2D eigenvalue weighted by molar-refractivity contribution is 9.09. The zero-order valence-electron chi connectivity index (χ0n) is 5.97. The van der Waals surface area contributed by atoms with Gasteiger partial charge in [-0.05, 0) is 13.8 Å². The van der Waals surface area contributed by atoms with Gasteiger partial charge in [0.15, 0.2) is 5.54 Å². The minimum absolute atomic E-state index is 0.278. The molecule has 1 saturated heterocycles. The number of carbonyl (C=O) groups excluding carboxylic acids is 2. The van der Waals surface area contributed by atoms with Gasteiger partial charge in [0.1, 0.15) is 0 Å². The number of imide groups is 1. The van der Waals surface area contributed by atoms with E-state index >= 15 is 0 Å². The van der Waals surface area contributed by atoms with E-state index in [1.165, 1.54) is 3.93 Å². The summed E-state index contributed by atoms with van der Waals surface area (Å²) in [5, 5.41) is 0. The third-order valence-corrected chi connectivity index (χ3v) is 3.34. The van der Waals surface area contributed by atoms with Crippen LogP contribution in [0.25, 0.3) is 0 Å². The highest BCUT2D eigenvalue weighted by atomic mass is 79.9. The molecule has 4 nitrogen and oxygen atoms in total. The van der Waals surface area contributed by atoms with E-state index in [2.05, 4.69) is 32.3 Å². The fourth-order valence-electron chi connectivity index (χ4n) is 0.727. The zero-order valence-corrected chi connectivity index (χ0v) is 9.14. The highest BCUT2D eigenvalue weighted by Gasteiger charge is 2.61. The van der Waals surface area contributed by atoms with Crippen LogP contribution >= 0.6 is 32.3 Å². The minimum Gasteiger partial charge on any atom is -0.221 e. The third kappa shape index (κ3) is 1.13. The summed E-state index contributed by atoms with van der Waals surface area (Å²) < 4.78 is 2.11. The van der Waals surface area contributed by atoms with Gasteiger partial charge in [-0.3, -0.25) is 0 Å². The van der Waals surface area contributed by atoms with Crippen LogP contribution in [0.15, 0.2) is 0 Å². The lowest BCUT2D eigenvalue weighted by Gasteiger charge is -2.14. The molecule has 0 aromatic rings. The highest BCUT2D eigenvalue weighted by Crippen LogP contribution is 2.30. The van der Waals surface area contributed by atoms with E-state index in [1.807, 2.05) is 0 Å². The van der Waals surface area contributed by atoms with Crippen molar-refractivity contribution in [2.75, 3.05) is 0 Å². The molecule has 0 aromatic heterocycles. The number of halogens is 2. The van der Waals surface area contributed by atoms with Gasteiger partial charge in [0, 0.05) is 0 Å². The number of urea groups is 1. The average molecular weight is 286 g/mol. The van der Waals surface area contributed by atoms with Crippen LogP contribution in [-0.4, -0.2) is 21.4 Å². The fourth-order valence-corrected chi connectivity index (χ4v) is 1.84. The van der Waals surface area contributed by atoms with Crippen molar-refractivity contribution < 1.29 is 9.59 Å². The van der Waals surface area contributed by atoms with E-state index in [-0.39, 0.29) is 5.91 Å². The van der Waals surface area contributed by atoms with Crippen molar-refractivity contribution in [1.82, 2.24) is 7.85 Å². The van der Waals surface area contributed by atoms with Gasteiger partial charge < -0.3 is 0 Å². The minimum atomic E-state index is -0.805. The Labute approximate surface area is 81.2 Å². The van der Waals surface area contributed by atoms with Crippen molar-refractivity contribution in [1.29, 1.82) is 0 Å². The van der Waals surface area contributed by atoms with Crippen LogP contribution in [-0.2, 0) is 4.79 Å². The number of carbonyl (C=O) groups is 2. The van der Waals surface area contributed by atoms with E-state index in [1.54, 1.807) is 13.8 Å². The maximum Gasteiger partial charge on any atom is 0.498 e. The Morgan fingerprint density at radius 1 is 1.45 bits per heavy atom. The topological polar surface area (TPSA) is 43.3 Å². The van der Waals surface area contributed by atoms with Crippen LogP contribution in [0.3, 0.4) is 0 Å². The molecular formula is C5H6Br2N2O2+. The number of rotatable bonds is 0. The van der Waals surface area contributed by atoms with Gasteiger partial charge in [-0.1, -0.05) is 0 Å². The molecule has 1 aliphatic heterocycles. The van der Waals surface area contributed by atoms with Gasteiger partial charge in [-0.2, -0.15) is 4.79 Å². The van der Waals surface area contributed by atoms with Gasteiger partial charge in [-0.15, -0.1) is 0 Å². The average Bonchev–Trinajstić information content (AvgIpc) is 2.06. The van der Waals surface area contributed by atoms with Gasteiger partial charge in [0.05, 0.1) is 20.1 Å². The summed E-state index contributed by atoms with van der Waals surface area (Å²) in [6.07, 6.45) is 0. The van der Waals surface area contributed by atoms with Crippen LogP contribution in [0, 0.1) is 0 Å². The molecule has 0 atom stereocenters. The maximum absolute atomic E-state index is 11.2. The van der Waals surface area contributed by atoms with Crippen LogP contribution < -0.4 is 3.93 Å². The molecule has 6 heteroatoms. The molecule has 61 valence electrons. The normalized spacial score (nSPS) is 24.9. The molecule has 1 aliphatic rings. The summed E-state index contributed by atoms with van der Waals surface area (Å²) in [6.45, 7) is 3.31. The Morgan fingerprint density at radius 2 is 1.91 bits per heavy atom. The van der Waals surface area contributed by atoms with Gasteiger partial charge >= 0.3 is 28.1 Å². The number of hydrogen-bond acceptors (Lipinski definition) is 2. The van der Waals surface area contributed by atoms with Crippen molar-refractivity contribution in [2.45, 2.75) is 19.4 Å². The van der Waals surface area contributed by atoms with Gasteiger partial charge in [0.2, 0.25) is 0 Å². The molecule has 0 unspecified atom stereocenters. The zero-order chi connectivity index (χ0) is 8.81. The first-order chi connectivity index (χ1) is 4.89. The summed E-state index contributed by atoms with van der Waals surface area (Å²) in [6, 6.07) is -0.403. The predicted molar refractivity (Wildman–Crippen MR) is 46.3 cm³/mol. The molecule has 0 aromatic carbocycles. The Morgan fingerprint density at radius 3 is 2.00 bits per heavy atom. The van der Waals surface area contributed by atoms with E-state index in [0.29, 0.717) is 0 Å². The molecule has 1 heterocycles. The summed E-state index contributed by atoms with van der Waals surface area (Å²) in [7, 11) is 0. The lowest BCUT2D eigenvalue weighted by Crippen LogP contribution is -2.38. The first-order valence-electron chi connectivity index (χ1n) is 2.89. The first-order valence-corrected chi connectivity index (χ1v) is 4.31. The molecule has 0 aliphatic carbocycles. The molecule has 0 saturated carbocycles. The standard InChI is InChI=1S/C5H6Br2N2O2/c1-5(2)3(10)8(6)4(11)9(5)7/h1-2H3/q+1. The molecule has 3 amide bonds. The van der Waals surface area contributed by atoms with Crippen molar-refractivity contribution in [2.24, 2.45) is 0 Å². The summed E-state index contributed by atoms with van der Waals surface area (Å²) in [5.41, 5.74) is -0.805. The quantitative estimate of drug-likeness (QED) is 0.500. The van der Waals surface area contributed by atoms with Crippen LogP contribution in [0.1, 0.15) is 13.8 Å². The molecular weight excluding hydrogens is 280 g/mol. The smallest absolute Gasteiger partial charge is 0.221 e. The predicted octanol–water partition coefficient (Wildman–Crippen LogP) is 1.49. The maximum atomic E-state index is 11.2. The van der Waals surface area contributed by atoms with Gasteiger partial charge in [0.25, 0.3) is 0 Å². The van der Waals surface area contributed by atoms with Crippen molar-refractivity contribution in [3.63, 3.8) is 0 Å². The van der Waals surface area contributed by atoms with E-state index in [4.69, 9.17) is 0 Å². The number of amides is 3. The molecule has 0 bridgehead atoms. The summed E-state index contributed by atoms with van der Waals surface area (Å²) >= 11 is 5.84. The second-order valence-electron chi connectivity index (χ2n) is 2.71. The van der Waals surface area contributed by atoms with E-state index in [0.717, 1.165) is 3.93 Å². The molecule has 1 rings (SSSR count). The molecule has 1 fully saturated rings. The second-order valence-corrected chi connectivity index (χ2v) is 4.13. The second kappa shape index (κ2) is 2.53. The molecule has 0 spiro atoms. The Kier molecular flexibility index (Phi) is 2.11. The number of nitrogens with zero attached hydrogens (tertiary/aromatic N) is 2. The van der Waals surface area contributed by atoms with Gasteiger partial charge in [-0.25, -0.2) is 8.72 Å². The molecule has 0 N–H and O–H groups in total. The monoisotopic (exact) mass is 284 g/mol. The van der Waals surface area contributed by atoms with Crippen molar-refractivity contribution in [3.8, 4) is 0 Å². The van der Waals surface area contributed by atoms with Crippen LogP contribution in [0.4, 0.5) is 4.79 Å². The number of hydrogen-bond donors (Lipinski definition) is 0. The summed E-state index contributed by atoms with van der Waals surface area (Å²) in [5.74, 6) is -0.278. The summed E-state index contributed by atoms with van der Waals surface area (Å²) in [4.78, 5) is 22.3. The Bertz CT molecular complexity index is 229. The third-order valence-electron chi connectivity index (χ3n) is 1.53. The lowest BCUT2D eigenvalue weighted by atomic mass is 10.1. The molecule has 1 radical (unpaired) electrons.